The molecule has 0 aliphatic heterocycles. The second kappa shape index (κ2) is 8.48. The molecule has 0 aliphatic carbocycles. The molecule has 0 radical (unpaired) electrons. The number of hydrogen-bond donors (Lipinski definition) is 1. The second-order valence-corrected chi connectivity index (χ2v) is 7.63. The van der Waals surface area contributed by atoms with Crippen LogP contribution in [0.1, 0.15) is 47.3 Å². The summed E-state index contributed by atoms with van der Waals surface area (Å²) < 4.78 is 37.8. The maximum Gasteiger partial charge on any atom is 0.408 e. The number of hydrogen-bond acceptors (Lipinski definition) is 5. The van der Waals surface area contributed by atoms with E-state index in [4.69, 9.17) is 15.2 Å². The molecule has 0 unspecified atom stereocenters. The van der Waals surface area contributed by atoms with Crippen LogP contribution in [-0.2, 0) is 18.3 Å². The van der Waals surface area contributed by atoms with Crippen molar-refractivity contribution in [3.63, 3.8) is 0 Å². The number of carbonyl (C=O) groups is 1. The fourth-order valence-electron chi connectivity index (χ4n) is 1.80. The van der Waals surface area contributed by atoms with Gasteiger partial charge in [-0.2, -0.15) is 0 Å². The van der Waals surface area contributed by atoms with E-state index in [-0.39, 0.29) is 18.8 Å². The number of carbonyl (C=O) groups excluding carboxylic acids is 1. The Hall–Kier alpha value is -1.36. The van der Waals surface area contributed by atoms with E-state index in [1.54, 1.807) is 65.0 Å². The van der Waals surface area contributed by atoms with E-state index in [2.05, 4.69) is 5.32 Å². The third kappa shape index (κ3) is 6.34. The van der Waals surface area contributed by atoms with Crippen LogP contribution in [0, 0.1) is 0 Å². The van der Waals surface area contributed by atoms with Crippen molar-refractivity contribution >= 4 is 13.7 Å². The minimum atomic E-state index is -4.03. The molecule has 130 valence electrons. The Morgan fingerprint density at radius 1 is 1.22 bits per heavy atom. The molecule has 1 aromatic rings. The third-order valence-corrected chi connectivity index (χ3v) is 4.65. The molecule has 23 heavy (non-hydrogen) atoms. The molecule has 1 N–H and O–H groups in total. The van der Waals surface area contributed by atoms with E-state index < -0.39 is 25.0 Å². The van der Waals surface area contributed by atoms with Gasteiger partial charge in [0.05, 0.1) is 14.6 Å². The van der Waals surface area contributed by atoms with E-state index in [9.17, 15) is 9.36 Å². The highest BCUT2D eigenvalue weighted by Gasteiger charge is 2.39. The van der Waals surface area contributed by atoms with Crippen molar-refractivity contribution < 1.29 is 24.5 Å². The molecule has 0 heterocycles. The van der Waals surface area contributed by atoms with Gasteiger partial charge < -0.3 is 19.1 Å². The van der Waals surface area contributed by atoms with Crippen LogP contribution in [0.25, 0.3) is 0 Å². The summed E-state index contributed by atoms with van der Waals surface area (Å²) in [5.74, 6) is -2.12. The fraction of sp³-hybridized carbons (Fsp3) is 0.562. The fourth-order valence-corrected chi connectivity index (χ4v) is 3.51. The van der Waals surface area contributed by atoms with E-state index in [0.717, 1.165) is 0 Å². The van der Waals surface area contributed by atoms with Crippen LogP contribution < -0.4 is 5.32 Å². The van der Waals surface area contributed by atoms with E-state index in [1.807, 2.05) is 0 Å². The zero-order chi connectivity index (χ0) is 18.4. The van der Waals surface area contributed by atoms with Gasteiger partial charge in [-0.15, -0.1) is 0 Å². The highest BCUT2D eigenvalue weighted by Crippen LogP contribution is 2.59. The summed E-state index contributed by atoms with van der Waals surface area (Å²) in [6.45, 7) is 8.53. The quantitative estimate of drug-likeness (QED) is 0.739. The third-order valence-electron chi connectivity index (χ3n) is 2.54. The molecule has 0 fully saturated rings. The predicted molar refractivity (Wildman–Crippen MR) is 89.4 cm³/mol. The van der Waals surface area contributed by atoms with Gasteiger partial charge in [-0.1, -0.05) is 30.3 Å². The molecule has 0 bridgehead atoms. The van der Waals surface area contributed by atoms with Gasteiger partial charge in [0.15, 0.2) is 5.76 Å². The topological polar surface area (TPSA) is 73.9 Å². The van der Waals surface area contributed by atoms with Crippen LogP contribution in [0.15, 0.2) is 30.3 Å². The van der Waals surface area contributed by atoms with Gasteiger partial charge in [0.2, 0.25) is 0 Å². The molecular weight excluding hydrogens is 317 g/mol. The van der Waals surface area contributed by atoms with Gasteiger partial charge in [-0.05, 0) is 40.2 Å². The van der Waals surface area contributed by atoms with Crippen LogP contribution in [0.3, 0.4) is 0 Å². The maximum atomic E-state index is 13.2. The van der Waals surface area contributed by atoms with Gasteiger partial charge in [-0.25, -0.2) is 4.79 Å². The lowest BCUT2D eigenvalue weighted by atomic mass is 10.2. The summed E-state index contributed by atoms with van der Waals surface area (Å²) in [6, 6.07) is 8.27. The summed E-state index contributed by atoms with van der Waals surface area (Å²) in [5, 5.41) is 2.37. The first-order chi connectivity index (χ1) is 11.1. The van der Waals surface area contributed by atoms with Gasteiger partial charge in [0.1, 0.15) is 5.60 Å². The average molecular weight is 344 g/mol. The second-order valence-electron chi connectivity index (χ2n) is 5.67. The maximum absolute atomic E-state index is 13.2. The molecule has 0 saturated carbocycles. The van der Waals surface area contributed by atoms with E-state index in [1.165, 1.54) is 0 Å². The Morgan fingerprint density at radius 3 is 2.17 bits per heavy atom. The van der Waals surface area contributed by atoms with Crippen LogP contribution in [0.4, 0.5) is 4.79 Å². The van der Waals surface area contributed by atoms with Crippen molar-refractivity contribution in [2.24, 2.45) is 0 Å². The molecule has 0 spiro atoms. The highest BCUT2D eigenvalue weighted by atomic mass is 31.2. The first-order valence-corrected chi connectivity index (χ1v) is 9.08. The van der Waals surface area contributed by atoms with Gasteiger partial charge in [0, 0.05) is 0 Å². The largest absolute Gasteiger partial charge is 0.444 e. The first-order valence-electron chi connectivity index (χ1n) is 8.04. The molecule has 7 heteroatoms. The van der Waals surface area contributed by atoms with Crippen LogP contribution in [-0.4, -0.2) is 24.9 Å². The van der Waals surface area contributed by atoms with Crippen LogP contribution >= 0.6 is 7.60 Å². The zero-order valence-corrected chi connectivity index (χ0v) is 15.2. The molecule has 1 atom stereocenters. The van der Waals surface area contributed by atoms with Gasteiger partial charge >= 0.3 is 13.7 Å². The minimum absolute atomic E-state index is 0.0702. The number of benzene rings is 1. The van der Waals surface area contributed by atoms with E-state index >= 15 is 0 Å². The lowest BCUT2D eigenvalue weighted by Crippen LogP contribution is -2.35. The lowest BCUT2D eigenvalue weighted by Gasteiger charge is -2.28. The smallest absolute Gasteiger partial charge is 0.408 e. The number of rotatable bonds is 7. The van der Waals surface area contributed by atoms with Gasteiger partial charge in [-0.3, -0.25) is 4.57 Å². The Bertz CT molecular complexity index is 580. The Balaban J connectivity index is 3.31. The Morgan fingerprint density at radius 2 is 1.74 bits per heavy atom. The monoisotopic (exact) mass is 344 g/mol. The summed E-state index contributed by atoms with van der Waals surface area (Å²) in [6.07, 6.45) is -0.874. The molecule has 1 amide bonds. The van der Waals surface area contributed by atoms with Crippen LogP contribution in [0.2, 0.25) is 0 Å². The van der Waals surface area contributed by atoms with Crippen molar-refractivity contribution in [2.75, 3.05) is 13.2 Å². The molecular formula is C16H26NO5P. The number of amides is 1. The average Bonchev–Trinajstić information content (AvgIpc) is 2.46. The zero-order valence-electron chi connectivity index (χ0n) is 15.3. The summed E-state index contributed by atoms with van der Waals surface area (Å²) in [5.41, 5.74) is -0.482. The van der Waals surface area contributed by atoms with Crippen LogP contribution in [0.5, 0.6) is 0 Å². The van der Waals surface area contributed by atoms with Crippen molar-refractivity contribution in [3.05, 3.63) is 35.9 Å². The predicted octanol–water partition coefficient (Wildman–Crippen LogP) is 4.48. The molecule has 1 rings (SSSR count). The number of ether oxygens (including phenoxy) is 1. The highest BCUT2D eigenvalue weighted by molar-refractivity contribution is 7.54. The first kappa shape index (κ1) is 18.0. The standard InChI is InChI=1S/C16H26NO5P/c1-6-20-23(19,21-7-2)14(13-11-9-8-10-12-13)17-15(18)22-16(3,4)5/h8-12,14H,6-7H2,1-5H3,(H,17,18)/t14-/m0/s1/i14D. The van der Waals surface area contributed by atoms with Crippen molar-refractivity contribution in [1.82, 2.24) is 5.32 Å². The van der Waals surface area contributed by atoms with Crippen molar-refractivity contribution in [3.8, 4) is 0 Å². The number of nitrogens with one attached hydrogen (secondary N) is 1. The summed E-state index contributed by atoms with van der Waals surface area (Å²) >= 11 is 0. The Labute approximate surface area is 139 Å². The molecule has 1 aromatic carbocycles. The minimum Gasteiger partial charge on any atom is -0.444 e. The van der Waals surface area contributed by atoms with Gasteiger partial charge in [0.25, 0.3) is 0 Å². The lowest BCUT2D eigenvalue weighted by molar-refractivity contribution is 0.0508. The molecule has 0 aromatic heterocycles. The summed E-state index contributed by atoms with van der Waals surface area (Å²) in [4.78, 5) is 12.2. The summed E-state index contributed by atoms with van der Waals surface area (Å²) in [7, 11) is -4.03. The van der Waals surface area contributed by atoms with E-state index in [0.29, 0.717) is 0 Å². The molecule has 6 nitrogen and oxygen atoms in total. The Kier molecular flexibility index (Phi) is 6.63. The number of alkyl carbamates (subject to hydrolysis) is 1. The molecule has 0 aliphatic rings. The van der Waals surface area contributed by atoms with Crippen molar-refractivity contribution in [2.45, 2.75) is 46.0 Å². The SMILES string of the molecule is [2H][C@@](NC(=O)OC(C)(C)C)(c1ccccc1)P(=O)(OCC)OCC. The molecule has 0 saturated heterocycles. The normalized spacial score (nSPS) is 15.4. The van der Waals surface area contributed by atoms with Crippen molar-refractivity contribution in [1.29, 1.82) is 0 Å².